The van der Waals surface area contributed by atoms with E-state index in [1.807, 2.05) is 0 Å². The van der Waals surface area contributed by atoms with E-state index < -0.39 is 35.0 Å². The highest BCUT2D eigenvalue weighted by molar-refractivity contribution is 7.89. The molecule has 1 aromatic heterocycles. The zero-order chi connectivity index (χ0) is 17.9. The Morgan fingerprint density at radius 3 is 2.71 bits per heavy atom. The summed E-state index contributed by atoms with van der Waals surface area (Å²) < 4.78 is 52.0. The number of halogens is 2. The molecule has 0 spiro atoms. The van der Waals surface area contributed by atoms with Gasteiger partial charge in [-0.1, -0.05) is 29.8 Å². The lowest BCUT2D eigenvalue weighted by Gasteiger charge is -2.15. The van der Waals surface area contributed by atoms with Crippen LogP contribution in [0.3, 0.4) is 0 Å². The van der Waals surface area contributed by atoms with E-state index >= 15 is 0 Å². The molecule has 0 aliphatic carbocycles. The molecule has 0 saturated carbocycles. The van der Waals surface area contributed by atoms with Gasteiger partial charge in [0.2, 0.25) is 10.0 Å². The SMILES string of the molecule is Cc1cccc(C(NS(=O)(=O)c2cnn(CC(F)F)c2)C(=O)O)c1. The van der Waals surface area contributed by atoms with E-state index in [4.69, 9.17) is 0 Å². The molecule has 0 radical (unpaired) electrons. The average Bonchev–Trinajstić information content (AvgIpc) is 2.93. The number of alkyl halides is 2. The maximum absolute atomic E-state index is 12.3. The van der Waals surface area contributed by atoms with Crippen LogP contribution in [0.15, 0.2) is 41.6 Å². The van der Waals surface area contributed by atoms with Crippen molar-refractivity contribution in [1.82, 2.24) is 14.5 Å². The van der Waals surface area contributed by atoms with Crippen molar-refractivity contribution < 1.29 is 27.1 Å². The first-order valence-corrected chi connectivity index (χ1v) is 8.29. The summed E-state index contributed by atoms with van der Waals surface area (Å²) in [6.07, 6.45) is -0.878. The van der Waals surface area contributed by atoms with Gasteiger partial charge in [0.15, 0.2) is 0 Å². The summed E-state index contributed by atoms with van der Waals surface area (Å²) in [6, 6.07) is 4.87. The average molecular weight is 359 g/mol. The normalized spacial score (nSPS) is 13.2. The molecule has 0 bridgehead atoms. The summed E-state index contributed by atoms with van der Waals surface area (Å²) in [5.74, 6) is -1.39. The van der Waals surface area contributed by atoms with Gasteiger partial charge in [0.05, 0.1) is 6.20 Å². The Hall–Kier alpha value is -2.33. The molecule has 0 saturated heterocycles. The Bertz CT molecular complexity index is 836. The minimum absolute atomic E-state index is 0.256. The Morgan fingerprint density at radius 1 is 1.42 bits per heavy atom. The van der Waals surface area contributed by atoms with Crippen molar-refractivity contribution in [2.75, 3.05) is 0 Å². The molecular weight excluding hydrogens is 344 g/mol. The highest BCUT2D eigenvalue weighted by atomic mass is 32.2. The van der Waals surface area contributed by atoms with Gasteiger partial charge in [-0.25, -0.2) is 17.2 Å². The Labute approximate surface area is 137 Å². The predicted octanol–water partition coefficient (Wildman–Crippen LogP) is 1.56. The summed E-state index contributed by atoms with van der Waals surface area (Å²) in [5, 5.41) is 12.8. The molecule has 1 unspecified atom stereocenters. The van der Waals surface area contributed by atoms with Gasteiger partial charge in [-0.2, -0.15) is 9.82 Å². The maximum atomic E-state index is 12.3. The van der Waals surface area contributed by atoms with E-state index in [2.05, 4.69) is 9.82 Å². The fraction of sp³-hybridized carbons (Fsp3) is 0.286. The van der Waals surface area contributed by atoms with Crippen LogP contribution in [-0.4, -0.2) is 35.7 Å². The van der Waals surface area contributed by atoms with Gasteiger partial charge in [0.1, 0.15) is 17.5 Å². The number of aryl methyl sites for hydroxylation is 1. The van der Waals surface area contributed by atoms with Crippen molar-refractivity contribution in [1.29, 1.82) is 0 Å². The molecule has 24 heavy (non-hydrogen) atoms. The number of carboxylic acid groups (broad SMARTS) is 1. The summed E-state index contributed by atoms with van der Waals surface area (Å²) in [7, 11) is -4.24. The molecule has 2 N–H and O–H groups in total. The summed E-state index contributed by atoms with van der Waals surface area (Å²) >= 11 is 0. The van der Waals surface area contributed by atoms with E-state index in [1.165, 1.54) is 6.07 Å². The second-order valence-electron chi connectivity index (χ2n) is 5.10. The zero-order valence-corrected chi connectivity index (χ0v) is 13.4. The molecule has 130 valence electrons. The van der Waals surface area contributed by atoms with Crippen molar-refractivity contribution in [3.63, 3.8) is 0 Å². The lowest BCUT2D eigenvalue weighted by Crippen LogP contribution is -2.33. The van der Waals surface area contributed by atoms with Gasteiger partial charge in [-0.3, -0.25) is 9.48 Å². The van der Waals surface area contributed by atoms with Crippen LogP contribution in [0.1, 0.15) is 17.2 Å². The van der Waals surface area contributed by atoms with Crippen LogP contribution in [0.25, 0.3) is 0 Å². The van der Waals surface area contributed by atoms with Gasteiger partial charge in [0, 0.05) is 6.20 Å². The largest absolute Gasteiger partial charge is 0.480 e. The van der Waals surface area contributed by atoms with E-state index in [9.17, 15) is 27.1 Å². The molecule has 2 rings (SSSR count). The number of sulfonamides is 1. The van der Waals surface area contributed by atoms with Crippen LogP contribution in [0.4, 0.5) is 8.78 Å². The number of hydrogen-bond donors (Lipinski definition) is 2. The fourth-order valence-corrected chi connectivity index (χ4v) is 3.19. The van der Waals surface area contributed by atoms with Crippen LogP contribution < -0.4 is 4.72 Å². The Balaban J connectivity index is 2.28. The first-order valence-electron chi connectivity index (χ1n) is 6.81. The molecule has 1 aromatic carbocycles. The zero-order valence-electron chi connectivity index (χ0n) is 12.6. The number of benzene rings is 1. The number of carbonyl (C=O) groups is 1. The first-order chi connectivity index (χ1) is 11.2. The van der Waals surface area contributed by atoms with Crippen LogP contribution in [0.2, 0.25) is 0 Å². The van der Waals surface area contributed by atoms with Crippen LogP contribution in [-0.2, 0) is 21.4 Å². The van der Waals surface area contributed by atoms with Gasteiger partial charge in [-0.05, 0) is 12.5 Å². The van der Waals surface area contributed by atoms with Gasteiger partial charge in [-0.15, -0.1) is 0 Å². The third kappa shape index (κ3) is 4.36. The van der Waals surface area contributed by atoms with Gasteiger partial charge in [0.25, 0.3) is 6.43 Å². The minimum atomic E-state index is -4.24. The van der Waals surface area contributed by atoms with Crippen molar-refractivity contribution in [3.05, 3.63) is 47.8 Å². The molecule has 1 atom stereocenters. The second kappa shape index (κ2) is 7.05. The van der Waals surface area contributed by atoms with Crippen molar-refractivity contribution >= 4 is 16.0 Å². The number of aliphatic carboxylic acids is 1. The molecule has 0 aliphatic heterocycles. The smallest absolute Gasteiger partial charge is 0.326 e. The molecule has 2 aromatic rings. The fourth-order valence-electron chi connectivity index (χ4n) is 2.06. The number of rotatable bonds is 7. The highest BCUT2D eigenvalue weighted by Crippen LogP contribution is 2.19. The standard InChI is InChI=1S/C14H15F2N3O4S/c1-9-3-2-4-10(5-9)13(14(20)21)18-24(22,23)11-6-17-19(7-11)8-12(15)16/h2-7,12-13,18H,8H2,1H3,(H,20,21). The molecule has 0 amide bonds. The van der Waals surface area contributed by atoms with Crippen molar-refractivity contribution in [3.8, 4) is 0 Å². The lowest BCUT2D eigenvalue weighted by molar-refractivity contribution is -0.139. The predicted molar refractivity (Wildman–Crippen MR) is 80.1 cm³/mol. The highest BCUT2D eigenvalue weighted by Gasteiger charge is 2.28. The van der Waals surface area contributed by atoms with Gasteiger partial charge >= 0.3 is 5.97 Å². The lowest BCUT2D eigenvalue weighted by atomic mass is 10.1. The van der Waals surface area contributed by atoms with Crippen molar-refractivity contribution in [2.45, 2.75) is 30.8 Å². The van der Waals surface area contributed by atoms with E-state index in [-0.39, 0.29) is 10.5 Å². The van der Waals surface area contributed by atoms with E-state index in [0.29, 0.717) is 0 Å². The molecule has 10 heteroatoms. The Kier molecular flexibility index (Phi) is 5.30. The molecule has 1 heterocycles. The summed E-state index contributed by atoms with van der Waals surface area (Å²) in [4.78, 5) is 11.0. The summed E-state index contributed by atoms with van der Waals surface area (Å²) in [5.41, 5.74) is 1.02. The molecule has 0 aliphatic rings. The summed E-state index contributed by atoms with van der Waals surface area (Å²) in [6.45, 7) is 0.987. The first kappa shape index (κ1) is 18.0. The van der Waals surface area contributed by atoms with Crippen LogP contribution in [0.5, 0.6) is 0 Å². The van der Waals surface area contributed by atoms with Crippen LogP contribution >= 0.6 is 0 Å². The number of nitrogens with zero attached hydrogens (tertiary/aromatic N) is 2. The third-order valence-corrected chi connectivity index (χ3v) is 4.52. The Morgan fingerprint density at radius 2 is 2.12 bits per heavy atom. The van der Waals surface area contributed by atoms with Crippen LogP contribution in [0, 0.1) is 6.92 Å². The minimum Gasteiger partial charge on any atom is -0.480 e. The van der Waals surface area contributed by atoms with E-state index in [0.717, 1.165) is 22.6 Å². The maximum Gasteiger partial charge on any atom is 0.326 e. The number of nitrogens with one attached hydrogen (secondary N) is 1. The molecule has 7 nitrogen and oxygen atoms in total. The quantitative estimate of drug-likeness (QED) is 0.781. The molecule has 0 fully saturated rings. The van der Waals surface area contributed by atoms with Crippen molar-refractivity contribution in [2.24, 2.45) is 0 Å². The monoisotopic (exact) mass is 359 g/mol. The third-order valence-electron chi connectivity index (χ3n) is 3.14. The second-order valence-corrected chi connectivity index (χ2v) is 6.81. The van der Waals surface area contributed by atoms with Gasteiger partial charge < -0.3 is 5.11 Å². The molecular formula is C14H15F2N3O4S. The number of aromatic nitrogens is 2. The number of carboxylic acids is 1. The van der Waals surface area contributed by atoms with E-state index in [1.54, 1.807) is 25.1 Å². The topological polar surface area (TPSA) is 101 Å². The number of hydrogen-bond acceptors (Lipinski definition) is 4.